The Balaban J connectivity index is 1.86. The van der Waals surface area contributed by atoms with E-state index in [-0.39, 0.29) is 42.1 Å². The van der Waals surface area contributed by atoms with Crippen LogP contribution in [0, 0.1) is 6.92 Å². The van der Waals surface area contributed by atoms with Crippen LogP contribution < -0.4 is 14.4 Å². The van der Waals surface area contributed by atoms with Gasteiger partial charge in [0.05, 0.1) is 17.2 Å². The number of amides is 2. The molecule has 4 aromatic carbocycles. The molecule has 0 saturated carbocycles. The first-order valence-corrected chi connectivity index (χ1v) is 17.5. The van der Waals surface area contributed by atoms with E-state index in [0.29, 0.717) is 21.4 Å². The van der Waals surface area contributed by atoms with Gasteiger partial charge in [-0.1, -0.05) is 89.4 Å². The number of rotatable bonds is 14. The molecule has 0 heterocycles. The highest BCUT2D eigenvalue weighted by Gasteiger charge is 2.36. The molecule has 0 aromatic heterocycles. The van der Waals surface area contributed by atoms with Crippen LogP contribution in [-0.4, -0.2) is 50.4 Å². The van der Waals surface area contributed by atoms with Crippen LogP contribution >= 0.6 is 23.2 Å². The van der Waals surface area contributed by atoms with E-state index in [1.165, 1.54) is 17.0 Å². The maximum absolute atomic E-state index is 14.7. The first-order valence-electron chi connectivity index (χ1n) is 15.3. The zero-order valence-corrected chi connectivity index (χ0v) is 29.1. The Bertz CT molecular complexity index is 1780. The summed E-state index contributed by atoms with van der Waals surface area (Å²) in [6.45, 7) is 6.89. The first kappa shape index (κ1) is 35.8. The zero-order valence-electron chi connectivity index (χ0n) is 26.8. The molecule has 0 radical (unpaired) electrons. The van der Waals surface area contributed by atoms with Gasteiger partial charge in [0.1, 0.15) is 18.3 Å². The van der Waals surface area contributed by atoms with Crippen molar-refractivity contribution in [1.29, 1.82) is 0 Å². The number of sulfonamides is 1. The molecular formula is C36H39Cl2N3O5S. The van der Waals surface area contributed by atoms with Crippen molar-refractivity contribution in [2.75, 3.05) is 17.5 Å². The lowest BCUT2D eigenvalue weighted by atomic mass is 10.0. The topological polar surface area (TPSA) is 96.0 Å². The SMILES string of the molecule is CCOc1ccccc1N(CC(=O)N(Cc1ccc(Cl)cc1Cl)[C@@H](Cc1ccccc1)C(=O)NC(C)C)S(=O)(=O)c1ccc(C)cc1. The normalized spacial score (nSPS) is 12.0. The summed E-state index contributed by atoms with van der Waals surface area (Å²) in [7, 11) is -4.29. The lowest BCUT2D eigenvalue weighted by Crippen LogP contribution is -2.54. The number of halogens is 2. The summed E-state index contributed by atoms with van der Waals surface area (Å²) < 4.78 is 35.5. The molecule has 1 N–H and O–H groups in total. The molecule has 1 atom stereocenters. The number of hydrogen-bond acceptors (Lipinski definition) is 5. The Morgan fingerprint density at radius 2 is 1.55 bits per heavy atom. The quantitative estimate of drug-likeness (QED) is 0.152. The molecule has 4 aromatic rings. The van der Waals surface area contributed by atoms with Crippen molar-refractivity contribution in [1.82, 2.24) is 10.2 Å². The van der Waals surface area contributed by atoms with Gasteiger partial charge in [0.2, 0.25) is 11.8 Å². The first-order chi connectivity index (χ1) is 22.4. The highest BCUT2D eigenvalue weighted by Crippen LogP contribution is 2.33. The number of aryl methyl sites for hydroxylation is 1. The molecule has 0 bridgehead atoms. The van der Waals surface area contributed by atoms with Crippen molar-refractivity contribution in [3.63, 3.8) is 0 Å². The summed E-state index contributed by atoms with van der Waals surface area (Å²) in [6, 6.07) is 26.1. The van der Waals surface area contributed by atoms with Gasteiger partial charge < -0.3 is 15.0 Å². The molecule has 0 fully saturated rings. The average Bonchev–Trinajstić information content (AvgIpc) is 3.03. The molecule has 248 valence electrons. The number of para-hydroxylation sites is 2. The Kier molecular flexibility index (Phi) is 12.3. The van der Waals surface area contributed by atoms with Crippen molar-refractivity contribution in [3.8, 4) is 5.75 Å². The van der Waals surface area contributed by atoms with Gasteiger partial charge in [-0.15, -0.1) is 0 Å². The van der Waals surface area contributed by atoms with E-state index in [1.807, 2.05) is 51.1 Å². The fraction of sp³-hybridized carbons (Fsp3) is 0.278. The number of anilines is 1. The minimum absolute atomic E-state index is 0.00730. The van der Waals surface area contributed by atoms with Gasteiger partial charge >= 0.3 is 0 Å². The van der Waals surface area contributed by atoms with E-state index in [1.54, 1.807) is 61.5 Å². The molecule has 0 spiro atoms. The van der Waals surface area contributed by atoms with Crippen LogP contribution in [0.5, 0.6) is 5.75 Å². The molecule has 0 aliphatic rings. The van der Waals surface area contributed by atoms with Gasteiger partial charge in [-0.05, 0) is 75.2 Å². The van der Waals surface area contributed by atoms with E-state index < -0.39 is 28.5 Å². The van der Waals surface area contributed by atoms with Crippen molar-refractivity contribution in [3.05, 3.63) is 124 Å². The molecule has 0 unspecified atom stereocenters. The molecule has 2 amide bonds. The fourth-order valence-electron chi connectivity index (χ4n) is 5.06. The monoisotopic (exact) mass is 695 g/mol. The summed E-state index contributed by atoms with van der Waals surface area (Å²) in [5, 5.41) is 3.67. The Hall–Kier alpha value is -4.05. The highest BCUT2D eigenvalue weighted by molar-refractivity contribution is 7.92. The third-order valence-corrected chi connectivity index (χ3v) is 9.74. The van der Waals surface area contributed by atoms with Crippen LogP contribution in [0.3, 0.4) is 0 Å². The van der Waals surface area contributed by atoms with E-state index in [2.05, 4.69) is 5.32 Å². The second-order valence-electron chi connectivity index (χ2n) is 11.4. The number of nitrogens with one attached hydrogen (secondary N) is 1. The van der Waals surface area contributed by atoms with Gasteiger partial charge in [-0.25, -0.2) is 8.42 Å². The molecule has 11 heteroatoms. The van der Waals surface area contributed by atoms with Gasteiger partial charge in [0.15, 0.2) is 0 Å². The largest absolute Gasteiger partial charge is 0.492 e. The summed E-state index contributed by atoms with van der Waals surface area (Å²) in [5.41, 5.74) is 2.44. The van der Waals surface area contributed by atoms with Gasteiger partial charge in [0, 0.05) is 29.1 Å². The molecule has 0 aliphatic carbocycles. The van der Waals surface area contributed by atoms with Crippen LogP contribution in [0.1, 0.15) is 37.5 Å². The maximum atomic E-state index is 14.7. The van der Waals surface area contributed by atoms with Gasteiger partial charge in [-0.2, -0.15) is 0 Å². The zero-order chi connectivity index (χ0) is 34.1. The maximum Gasteiger partial charge on any atom is 0.264 e. The number of carbonyl (C=O) groups is 2. The number of nitrogens with zero attached hydrogens (tertiary/aromatic N) is 2. The lowest BCUT2D eigenvalue weighted by Gasteiger charge is -2.34. The average molecular weight is 697 g/mol. The molecule has 8 nitrogen and oxygen atoms in total. The number of carbonyl (C=O) groups excluding carboxylic acids is 2. The summed E-state index contributed by atoms with van der Waals surface area (Å²) in [5.74, 6) is -0.702. The van der Waals surface area contributed by atoms with Crippen molar-refractivity contribution in [2.24, 2.45) is 0 Å². The molecule has 0 aliphatic heterocycles. The number of ether oxygens (including phenoxy) is 1. The van der Waals surface area contributed by atoms with Crippen molar-refractivity contribution >= 4 is 50.7 Å². The van der Waals surface area contributed by atoms with Crippen LogP contribution in [0.15, 0.2) is 102 Å². The molecule has 0 saturated heterocycles. The second kappa shape index (κ2) is 16.2. The van der Waals surface area contributed by atoms with E-state index >= 15 is 0 Å². The predicted octanol–water partition coefficient (Wildman–Crippen LogP) is 7.06. The highest BCUT2D eigenvalue weighted by atomic mass is 35.5. The van der Waals surface area contributed by atoms with Crippen LogP contribution in [0.2, 0.25) is 10.0 Å². The third kappa shape index (κ3) is 9.28. The van der Waals surface area contributed by atoms with Crippen LogP contribution in [0.25, 0.3) is 0 Å². The van der Waals surface area contributed by atoms with Crippen LogP contribution in [-0.2, 0) is 32.6 Å². The van der Waals surface area contributed by atoms with E-state index in [4.69, 9.17) is 27.9 Å². The minimum atomic E-state index is -4.29. The second-order valence-corrected chi connectivity index (χ2v) is 14.1. The van der Waals surface area contributed by atoms with E-state index in [9.17, 15) is 18.0 Å². The molecular weight excluding hydrogens is 657 g/mol. The fourth-order valence-corrected chi connectivity index (χ4v) is 6.95. The minimum Gasteiger partial charge on any atom is -0.492 e. The molecule has 47 heavy (non-hydrogen) atoms. The summed E-state index contributed by atoms with van der Waals surface area (Å²) >= 11 is 12.8. The smallest absolute Gasteiger partial charge is 0.264 e. The van der Waals surface area contributed by atoms with Gasteiger partial charge in [0.25, 0.3) is 10.0 Å². The Morgan fingerprint density at radius 3 is 2.19 bits per heavy atom. The Labute approximate surface area is 287 Å². The standard InChI is InChI=1S/C36H39Cl2N3O5S/c1-5-46-34-14-10-9-13-32(34)41(47(44,45)30-19-15-26(4)16-20-30)24-35(42)40(23-28-17-18-29(37)22-31(28)38)33(36(43)39-25(2)3)21-27-11-7-6-8-12-27/h6-20,22,25,33H,5,21,23-24H2,1-4H3,(H,39,43)/t33-/m0/s1. The third-order valence-electron chi connectivity index (χ3n) is 7.38. The summed E-state index contributed by atoms with van der Waals surface area (Å²) in [6.07, 6.45) is 0.177. The number of benzene rings is 4. The Morgan fingerprint density at radius 1 is 0.894 bits per heavy atom. The predicted molar refractivity (Wildman–Crippen MR) is 188 cm³/mol. The lowest BCUT2D eigenvalue weighted by molar-refractivity contribution is -0.140. The number of hydrogen-bond donors (Lipinski definition) is 1. The van der Waals surface area contributed by atoms with Gasteiger partial charge in [-0.3, -0.25) is 13.9 Å². The van der Waals surface area contributed by atoms with Crippen LogP contribution in [0.4, 0.5) is 5.69 Å². The van der Waals surface area contributed by atoms with Crippen molar-refractivity contribution < 1.29 is 22.7 Å². The summed E-state index contributed by atoms with van der Waals surface area (Å²) in [4.78, 5) is 29.9. The van der Waals surface area contributed by atoms with E-state index in [0.717, 1.165) is 15.4 Å². The molecule has 4 rings (SSSR count). The van der Waals surface area contributed by atoms with Crippen molar-refractivity contribution in [2.45, 2.75) is 57.6 Å².